The Labute approximate surface area is 117 Å². The minimum absolute atomic E-state index is 0.368. The lowest BCUT2D eigenvalue weighted by Crippen LogP contribution is -1.72. The first-order chi connectivity index (χ1) is 8.09. The molecule has 86 valence electrons. The average molecular weight is 306 g/mol. The second-order valence-electron chi connectivity index (χ2n) is 3.57. The van der Waals surface area contributed by atoms with Crippen LogP contribution in [0.25, 0.3) is 21.9 Å². The summed E-state index contributed by atoms with van der Waals surface area (Å²) in [5, 5.41) is 3.43. The fraction of sp³-hybridized carbons (Fsp3) is 0. The molecule has 0 N–H and O–H groups in total. The zero-order valence-corrected chi connectivity index (χ0v) is 11.3. The van der Waals surface area contributed by atoms with E-state index in [0.29, 0.717) is 31.3 Å². The highest BCUT2D eigenvalue weighted by Crippen LogP contribution is 2.42. The van der Waals surface area contributed by atoms with Gasteiger partial charge >= 0.3 is 0 Å². The van der Waals surface area contributed by atoms with Gasteiger partial charge in [0, 0.05) is 10.8 Å². The SMILES string of the molecule is Clc1ccc2c(oc3c(Cl)ccc(Cl)c32)c1Cl. The molecule has 1 aromatic heterocycles. The summed E-state index contributed by atoms with van der Waals surface area (Å²) < 4.78 is 5.64. The second-order valence-corrected chi connectivity index (χ2v) is 5.17. The van der Waals surface area contributed by atoms with E-state index in [9.17, 15) is 0 Å². The van der Waals surface area contributed by atoms with E-state index in [0.717, 1.165) is 10.8 Å². The third kappa shape index (κ3) is 1.61. The van der Waals surface area contributed by atoms with Crippen molar-refractivity contribution < 1.29 is 4.42 Å². The van der Waals surface area contributed by atoms with Crippen molar-refractivity contribution in [1.82, 2.24) is 0 Å². The summed E-state index contributed by atoms with van der Waals surface area (Å²) in [5.74, 6) is 0. The van der Waals surface area contributed by atoms with Crippen molar-refractivity contribution in [1.29, 1.82) is 0 Å². The minimum Gasteiger partial charge on any atom is -0.453 e. The van der Waals surface area contributed by atoms with E-state index < -0.39 is 0 Å². The first-order valence-corrected chi connectivity index (χ1v) is 6.25. The van der Waals surface area contributed by atoms with Crippen molar-refractivity contribution >= 4 is 68.3 Å². The van der Waals surface area contributed by atoms with Gasteiger partial charge in [0.25, 0.3) is 0 Å². The lowest BCUT2D eigenvalue weighted by Gasteiger charge is -1.96. The van der Waals surface area contributed by atoms with Crippen LogP contribution in [-0.4, -0.2) is 0 Å². The van der Waals surface area contributed by atoms with Gasteiger partial charge in [0.15, 0.2) is 11.2 Å². The van der Waals surface area contributed by atoms with Crippen molar-refractivity contribution in [2.45, 2.75) is 0 Å². The molecule has 17 heavy (non-hydrogen) atoms. The summed E-state index contributed by atoms with van der Waals surface area (Å²) in [4.78, 5) is 0. The topological polar surface area (TPSA) is 13.1 Å². The molecular formula is C12H4Cl4O. The number of hydrogen-bond donors (Lipinski definition) is 0. The van der Waals surface area contributed by atoms with Gasteiger partial charge in [-0.3, -0.25) is 0 Å². The van der Waals surface area contributed by atoms with E-state index in [4.69, 9.17) is 50.8 Å². The number of rotatable bonds is 0. The number of fused-ring (bicyclic) bond motifs is 3. The fourth-order valence-corrected chi connectivity index (χ4v) is 2.61. The number of furan rings is 1. The predicted molar refractivity (Wildman–Crippen MR) is 73.8 cm³/mol. The summed E-state index contributed by atoms with van der Waals surface area (Å²) in [5.41, 5.74) is 1.03. The highest BCUT2D eigenvalue weighted by Gasteiger charge is 2.16. The Hall–Kier alpha value is -0.600. The molecule has 0 atom stereocenters. The first-order valence-electron chi connectivity index (χ1n) is 4.74. The molecule has 0 spiro atoms. The standard InChI is InChI=1S/C12H4Cl4O/c13-6-3-4-8(15)12-9(6)5-1-2-7(14)10(16)11(5)17-12/h1-4H. The Morgan fingerprint density at radius 1 is 0.706 bits per heavy atom. The Balaban J connectivity index is 2.63. The highest BCUT2D eigenvalue weighted by molar-refractivity contribution is 6.47. The van der Waals surface area contributed by atoms with E-state index in [1.165, 1.54) is 0 Å². The summed E-state index contributed by atoms with van der Waals surface area (Å²) >= 11 is 24.2. The highest BCUT2D eigenvalue weighted by atomic mass is 35.5. The van der Waals surface area contributed by atoms with E-state index in [2.05, 4.69) is 0 Å². The maximum atomic E-state index is 6.15. The van der Waals surface area contributed by atoms with Gasteiger partial charge in [-0.2, -0.15) is 0 Å². The molecule has 0 aliphatic heterocycles. The molecule has 0 bridgehead atoms. The van der Waals surface area contributed by atoms with Gasteiger partial charge in [-0.1, -0.05) is 46.4 Å². The lowest BCUT2D eigenvalue weighted by atomic mass is 10.1. The van der Waals surface area contributed by atoms with Crippen LogP contribution in [0.15, 0.2) is 28.7 Å². The van der Waals surface area contributed by atoms with Gasteiger partial charge in [0.05, 0.1) is 15.1 Å². The number of hydrogen-bond acceptors (Lipinski definition) is 1. The maximum absolute atomic E-state index is 6.15. The van der Waals surface area contributed by atoms with Crippen LogP contribution in [0.3, 0.4) is 0 Å². The lowest BCUT2D eigenvalue weighted by molar-refractivity contribution is 0.669. The van der Waals surface area contributed by atoms with Crippen molar-refractivity contribution in [2.24, 2.45) is 0 Å². The summed E-state index contributed by atoms with van der Waals surface area (Å²) in [6, 6.07) is 6.93. The van der Waals surface area contributed by atoms with Gasteiger partial charge < -0.3 is 4.42 Å². The van der Waals surface area contributed by atoms with Crippen LogP contribution in [0.4, 0.5) is 0 Å². The number of halogens is 4. The molecule has 3 rings (SSSR count). The molecule has 1 nitrogen and oxygen atoms in total. The van der Waals surface area contributed by atoms with E-state index in [1.54, 1.807) is 18.2 Å². The second kappa shape index (κ2) is 3.96. The molecule has 1 heterocycles. The van der Waals surface area contributed by atoms with E-state index in [-0.39, 0.29) is 0 Å². The Morgan fingerprint density at radius 2 is 1.35 bits per heavy atom. The Bertz CT molecular complexity index is 745. The summed E-state index contributed by atoms with van der Waals surface area (Å²) in [7, 11) is 0. The maximum Gasteiger partial charge on any atom is 0.155 e. The van der Waals surface area contributed by atoms with Crippen LogP contribution >= 0.6 is 46.4 Å². The minimum atomic E-state index is 0.368. The molecule has 0 saturated carbocycles. The fourth-order valence-electron chi connectivity index (χ4n) is 1.81. The predicted octanol–water partition coefficient (Wildman–Crippen LogP) is 6.20. The van der Waals surface area contributed by atoms with Gasteiger partial charge in [-0.05, 0) is 24.3 Å². The van der Waals surface area contributed by atoms with Crippen LogP contribution in [0, 0.1) is 0 Å². The molecule has 0 aliphatic carbocycles. The average Bonchev–Trinajstić information content (AvgIpc) is 2.70. The molecule has 0 aliphatic rings. The molecule has 0 unspecified atom stereocenters. The molecule has 0 amide bonds. The molecule has 2 aromatic carbocycles. The van der Waals surface area contributed by atoms with E-state index in [1.807, 2.05) is 6.07 Å². The summed E-state index contributed by atoms with van der Waals surface area (Å²) in [6.45, 7) is 0. The molecule has 5 heteroatoms. The van der Waals surface area contributed by atoms with Crippen molar-refractivity contribution in [3.63, 3.8) is 0 Å². The molecule has 3 aromatic rings. The van der Waals surface area contributed by atoms with Gasteiger partial charge in [0.1, 0.15) is 5.02 Å². The quantitative estimate of drug-likeness (QED) is 0.482. The van der Waals surface area contributed by atoms with Gasteiger partial charge in [-0.25, -0.2) is 0 Å². The number of benzene rings is 2. The largest absolute Gasteiger partial charge is 0.453 e. The van der Waals surface area contributed by atoms with Crippen LogP contribution in [0.1, 0.15) is 0 Å². The zero-order valence-electron chi connectivity index (χ0n) is 8.23. The zero-order chi connectivity index (χ0) is 12.2. The molecule has 0 radical (unpaired) electrons. The monoisotopic (exact) mass is 304 g/mol. The third-order valence-corrected chi connectivity index (χ3v) is 3.98. The van der Waals surface area contributed by atoms with Crippen LogP contribution in [-0.2, 0) is 0 Å². The molecule has 0 fully saturated rings. The first kappa shape index (κ1) is 11.5. The van der Waals surface area contributed by atoms with Crippen molar-refractivity contribution in [2.75, 3.05) is 0 Å². The van der Waals surface area contributed by atoms with Crippen molar-refractivity contribution in [3.05, 3.63) is 44.4 Å². The smallest absolute Gasteiger partial charge is 0.155 e. The normalized spacial score (nSPS) is 11.5. The van der Waals surface area contributed by atoms with Crippen LogP contribution in [0.2, 0.25) is 20.1 Å². The third-order valence-electron chi connectivity index (χ3n) is 2.58. The van der Waals surface area contributed by atoms with E-state index >= 15 is 0 Å². The Kier molecular flexibility index (Phi) is 2.68. The van der Waals surface area contributed by atoms with Crippen LogP contribution in [0.5, 0.6) is 0 Å². The van der Waals surface area contributed by atoms with Gasteiger partial charge in [0.2, 0.25) is 0 Å². The van der Waals surface area contributed by atoms with Crippen molar-refractivity contribution in [3.8, 4) is 0 Å². The summed E-state index contributed by atoms with van der Waals surface area (Å²) in [6.07, 6.45) is 0. The van der Waals surface area contributed by atoms with Gasteiger partial charge in [-0.15, -0.1) is 0 Å². The Morgan fingerprint density at radius 3 is 2.12 bits per heavy atom. The molecule has 0 saturated heterocycles. The van der Waals surface area contributed by atoms with Crippen LogP contribution < -0.4 is 0 Å². The molecular weight excluding hydrogens is 302 g/mol.